The van der Waals surface area contributed by atoms with Crippen molar-refractivity contribution in [2.75, 3.05) is 19.6 Å². The zero-order valence-electron chi connectivity index (χ0n) is 11.3. The van der Waals surface area contributed by atoms with Gasteiger partial charge in [0.2, 0.25) is 0 Å². The minimum atomic E-state index is 0.695. The number of benzene rings is 2. The predicted molar refractivity (Wildman–Crippen MR) is 89.9 cm³/mol. The van der Waals surface area contributed by atoms with Gasteiger partial charge in [-0.15, -0.1) is 0 Å². The molecule has 0 saturated carbocycles. The van der Waals surface area contributed by atoms with Crippen LogP contribution in [0.25, 0.3) is 0 Å². The highest BCUT2D eigenvalue weighted by Gasteiger charge is 2.09. The molecule has 0 saturated heterocycles. The summed E-state index contributed by atoms with van der Waals surface area (Å²) in [5.41, 5.74) is 4.86. The summed E-state index contributed by atoms with van der Waals surface area (Å²) < 4.78 is 11.6. The van der Waals surface area contributed by atoms with Gasteiger partial charge in [0.1, 0.15) is 0 Å². The smallest absolute Gasteiger partial charge is 0.174 e. The maximum atomic E-state index is 5.31. The second kappa shape index (κ2) is 7.14. The van der Waals surface area contributed by atoms with Gasteiger partial charge in [0, 0.05) is 0 Å². The lowest BCUT2D eigenvalue weighted by atomic mass is 10.2. The van der Waals surface area contributed by atoms with Gasteiger partial charge in [0.25, 0.3) is 0 Å². The van der Waals surface area contributed by atoms with Crippen LogP contribution >= 0.6 is 22.6 Å². The molecule has 0 bridgehead atoms. The Kier molecular flexibility index (Phi) is 5.23. The van der Waals surface area contributed by atoms with Crippen molar-refractivity contribution in [3.8, 4) is 11.5 Å². The van der Waals surface area contributed by atoms with Crippen LogP contribution < -0.4 is 14.9 Å². The zero-order chi connectivity index (χ0) is 14.4. The Labute approximate surface area is 131 Å². The van der Waals surface area contributed by atoms with E-state index < -0.39 is 0 Å². The fourth-order valence-electron chi connectivity index (χ4n) is 1.71. The normalized spacial score (nSPS) is 10.6. The molecule has 0 fully saturated rings. The van der Waals surface area contributed by atoms with E-state index in [1.54, 1.807) is 20.4 Å². The first-order valence-electron chi connectivity index (χ1n) is 6.00. The Hall–Kier alpha value is -1.76. The fourth-order valence-corrected chi connectivity index (χ4v) is 2.55. The van der Waals surface area contributed by atoms with Crippen molar-refractivity contribution in [2.24, 2.45) is 5.10 Å². The molecule has 20 heavy (non-hydrogen) atoms. The highest BCUT2D eigenvalue weighted by Crippen LogP contribution is 2.33. The molecular formula is C15H15IN2O2. The average Bonchev–Trinajstić information content (AvgIpc) is 2.47. The molecule has 0 aliphatic heterocycles. The Morgan fingerprint density at radius 3 is 2.50 bits per heavy atom. The average molecular weight is 382 g/mol. The minimum absolute atomic E-state index is 0.695. The van der Waals surface area contributed by atoms with E-state index in [-0.39, 0.29) is 0 Å². The molecule has 0 amide bonds. The van der Waals surface area contributed by atoms with Crippen LogP contribution in [0.5, 0.6) is 11.5 Å². The topological polar surface area (TPSA) is 42.8 Å². The third-order valence-electron chi connectivity index (χ3n) is 2.64. The number of methoxy groups -OCH3 is 2. The van der Waals surface area contributed by atoms with Crippen molar-refractivity contribution in [2.45, 2.75) is 0 Å². The summed E-state index contributed by atoms with van der Waals surface area (Å²) in [5.74, 6) is 1.43. The molecule has 1 N–H and O–H groups in total. The van der Waals surface area contributed by atoms with E-state index in [4.69, 9.17) is 9.47 Å². The lowest BCUT2D eigenvalue weighted by Gasteiger charge is -2.10. The molecule has 104 valence electrons. The summed E-state index contributed by atoms with van der Waals surface area (Å²) in [6.07, 6.45) is 1.75. The standard InChI is InChI=1S/C15H15IN2O2/c1-19-14-9-11(8-13(16)15(14)20-2)10-17-18-12-6-4-3-5-7-12/h3-10,18H,1-2H3/b17-10-. The monoisotopic (exact) mass is 382 g/mol. The van der Waals surface area contributed by atoms with Crippen LogP contribution in [0.3, 0.4) is 0 Å². The Morgan fingerprint density at radius 2 is 1.85 bits per heavy atom. The number of halogens is 1. The maximum absolute atomic E-state index is 5.31. The van der Waals surface area contributed by atoms with E-state index in [9.17, 15) is 0 Å². The van der Waals surface area contributed by atoms with Crippen molar-refractivity contribution in [3.05, 3.63) is 51.6 Å². The quantitative estimate of drug-likeness (QED) is 0.487. The first kappa shape index (κ1) is 14.6. The molecule has 2 aromatic carbocycles. The highest BCUT2D eigenvalue weighted by atomic mass is 127. The van der Waals surface area contributed by atoms with Gasteiger partial charge in [0.05, 0.1) is 29.7 Å². The number of nitrogens with one attached hydrogen (secondary N) is 1. The van der Waals surface area contributed by atoms with Gasteiger partial charge in [-0.05, 0) is 52.4 Å². The molecule has 4 nitrogen and oxygen atoms in total. The summed E-state index contributed by atoms with van der Waals surface area (Å²) in [7, 11) is 3.25. The zero-order valence-corrected chi connectivity index (χ0v) is 13.4. The Bertz CT molecular complexity index is 600. The molecule has 0 aromatic heterocycles. The Morgan fingerprint density at radius 1 is 1.10 bits per heavy atom. The predicted octanol–water partition coefficient (Wildman–Crippen LogP) is 3.75. The van der Waals surface area contributed by atoms with E-state index in [1.165, 1.54) is 0 Å². The van der Waals surface area contributed by atoms with Gasteiger partial charge in [-0.3, -0.25) is 5.43 Å². The lowest BCUT2D eigenvalue weighted by molar-refractivity contribution is 0.353. The second-order valence-corrected chi connectivity index (χ2v) is 5.14. The molecule has 0 aliphatic rings. The number of hydrogen-bond acceptors (Lipinski definition) is 4. The lowest BCUT2D eigenvalue weighted by Crippen LogP contribution is -1.96. The number of para-hydroxylation sites is 1. The molecule has 2 rings (SSSR count). The number of hydrazone groups is 1. The molecule has 5 heteroatoms. The summed E-state index contributed by atoms with van der Waals surface area (Å²) in [4.78, 5) is 0. The summed E-state index contributed by atoms with van der Waals surface area (Å²) in [5, 5.41) is 4.21. The van der Waals surface area contributed by atoms with Gasteiger partial charge in [-0.2, -0.15) is 5.10 Å². The van der Waals surface area contributed by atoms with Crippen LogP contribution in [0.1, 0.15) is 5.56 Å². The number of hydrogen-bond donors (Lipinski definition) is 1. The largest absolute Gasteiger partial charge is 0.493 e. The first-order chi connectivity index (χ1) is 9.74. The van der Waals surface area contributed by atoms with Crippen LogP contribution in [0.15, 0.2) is 47.6 Å². The third kappa shape index (κ3) is 3.63. The van der Waals surface area contributed by atoms with Crippen molar-refractivity contribution < 1.29 is 9.47 Å². The molecule has 0 atom stereocenters. The molecule has 2 aromatic rings. The minimum Gasteiger partial charge on any atom is -0.493 e. The van der Waals surface area contributed by atoms with Crippen LogP contribution in [0, 0.1) is 3.57 Å². The Balaban J connectivity index is 2.15. The first-order valence-corrected chi connectivity index (χ1v) is 7.08. The highest BCUT2D eigenvalue weighted by molar-refractivity contribution is 14.1. The van der Waals surface area contributed by atoms with E-state index >= 15 is 0 Å². The van der Waals surface area contributed by atoms with Gasteiger partial charge in [0.15, 0.2) is 11.5 Å². The molecule has 0 aliphatic carbocycles. The van der Waals surface area contributed by atoms with E-state index in [0.717, 1.165) is 20.6 Å². The van der Waals surface area contributed by atoms with Crippen LogP contribution in [-0.4, -0.2) is 20.4 Å². The van der Waals surface area contributed by atoms with Gasteiger partial charge < -0.3 is 9.47 Å². The second-order valence-electron chi connectivity index (χ2n) is 3.97. The van der Waals surface area contributed by atoms with Crippen LogP contribution in [-0.2, 0) is 0 Å². The van der Waals surface area contributed by atoms with Crippen molar-refractivity contribution >= 4 is 34.5 Å². The van der Waals surface area contributed by atoms with Crippen LogP contribution in [0.4, 0.5) is 5.69 Å². The summed E-state index contributed by atoms with van der Waals surface area (Å²) >= 11 is 2.21. The molecule has 0 spiro atoms. The number of anilines is 1. The third-order valence-corrected chi connectivity index (χ3v) is 3.44. The van der Waals surface area contributed by atoms with Gasteiger partial charge in [-0.25, -0.2) is 0 Å². The van der Waals surface area contributed by atoms with Crippen molar-refractivity contribution in [1.82, 2.24) is 0 Å². The molecular weight excluding hydrogens is 367 g/mol. The van der Waals surface area contributed by atoms with Crippen molar-refractivity contribution in [1.29, 1.82) is 0 Å². The number of ether oxygens (including phenoxy) is 2. The number of nitrogens with zero attached hydrogens (tertiary/aromatic N) is 1. The molecule has 0 radical (unpaired) electrons. The summed E-state index contributed by atoms with van der Waals surface area (Å²) in [6, 6.07) is 13.7. The molecule has 0 unspecified atom stereocenters. The van der Waals surface area contributed by atoms with Crippen molar-refractivity contribution in [3.63, 3.8) is 0 Å². The summed E-state index contributed by atoms with van der Waals surface area (Å²) in [6.45, 7) is 0. The number of rotatable bonds is 5. The fraction of sp³-hybridized carbons (Fsp3) is 0.133. The SMILES string of the molecule is COc1cc(/C=N\Nc2ccccc2)cc(I)c1OC. The molecule has 0 heterocycles. The van der Waals surface area contributed by atoms with E-state index in [1.807, 2.05) is 42.5 Å². The van der Waals surface area contributed by atoms with Gasteiger partial charge in [-0.1, -0.05) is 18.2 Å². The van der Waals surface area contributed by atoms with E-state index in [0.29, 0.717) is 5.75 Å². The van der Waals surface area contributed by atoms with Gasteiger partial charge >= 0.3 is 0 Å². The van der Waals surface area contributed by atoms with E-state index in [2.05, 4.69) is 33.1 Å². The maximum Gasteiger partial charge on any atom is 0.174 e. The van der Waals surface area contributed by atoms with Crippen LogP contribution in [0.2, 0.25) is 0 Å².